The van der Waals surface area contributed by atoms with E-state index in [1.165, 1.54) is 38.1 Å². The van der Waals surface area contributed by atoms with Gasteiger partial charge in [-0.15, -0.1) is 0 Å². The van der Waals surface area contributed by atoms with Crippen LogP contribution in [0.5, 0.6) is 5.75 Å². The molecule has 2 saturated heterocycles. The number of H-pyrrole nitrogens is 1. The van der Waals surface area contributed by atoms with Crippen molar-refractivity contribution < 1.29 is 33.8 Å². The van der Waals surface area contributed by atoms with Gasteiger partial charge < -0.3 is 14.8 Å². The lowest BCUT2D eigenvalue weighted by molar-refractivity contribution is -0.148. The zero-order valence-corrected chi connectivity index (χ0v) is 22.8. The van der Waals surface area contributed by atoms with Gasteiger partial charge in [0.2, 0.25) is 11.8 Å². The van der Waals surface area contributed by atoms with Crippen LogP contribution in [0.3, 0.4) is 0 Å². The first-order chi connectivity index (χ1) is 20.1. The number of carboxylic acids is 1. The standard InChI is InChI=1S/C32H27N3O7/c1-17(36)19-7-11-22(12-8-19)35-29(38)26-27(30(35)39)32(31(40)41,15-21-16-33-25-6-4-3-5-24(21)25)34-28(26)20-9-13-23(14-10-20)42-18(2)37/h3-14,16,26-28,33-34H,15H2,1-2H3,(H,40,41). The molecule has 4 aromatic rings. The number of imide groups is 1. The summed E-state index contributed by atoms with van der Waals surface area (Å²) in [5.74, 6) is -5.05. The van der Waals surface area contributed by atoms with Crippen molar-refractivity contribution in [2.24, 2.45) is 11.8 Å². The molecule has 2 aliphatic rings. The molecule has 1 aromatic heterocycles. The molecule has 10 nitrogen and oxygen atoms in total. The van der Waals surface area contributed by atoms with E-state index in [-0.39, 0.29) is 17.9 Å². The SMILES string of the molecule is CC(=O)Oc1ccc(C2NC(Cc3c[nH]c4ccccc34)(C(=O)O)C3C(=O)N(c4ccc(C(C)=O)cc4)C(=O)C23)cc1. The summed E-state index contributed by atoms with van der Waals surface area (Å²) in [6.07, 6.45) is 1.67. The Morgan fingerprint density at radius 1 is 0.929 bits per heavy atom. The van der Waals surface area contributed by atoms with Gasteiger partial charge in [0.05, 0.1) is 17.5 Å². The monoisotopic (exact) mass is 565 g/mol. The number of Topliss-reactive ketones (excluding diaryl/α,β-unsaturated/α-hetero) is 1. The summed E-state index contributed by atoms with van der Waals surface area (Å²) in [7, 11) is 0. The van der Waals surface area contributed by atoms with E-state index in [1.807, 2.05) is 24.3 Å². The summed E-state index contributed by atoms with van der Waals surface area (Å²) in [4.78, 5) is 68.9. The number of aromatic nitrogens is 1. The first-order valence-electron chi connectivity index (χ1n) is 13.4. The number of benzene rings is 3. The number of anilines is 1. The number of nitrogens with zero attached hydrogens (tertiary/aromatic N) is 1. The number of carbonyl (C=O) groups is 5. The maximum absolute atomic E-state index is 14.2. The van der Waals surface area contributed by atoms with E-state index < -0.39 is 47.2 Å². The number of hydrogen-bond acceptors (Lipinski definition) is 7. The molecule has 6 rings (SSSR count). The minimum atomic E-state index is -1.82. The Morgan fingerprint density at radius 3 is 2.26 bits per heavy atom. The van der Waals surface area contributed by atoms with Gasteiger partial charge in [0.15, 0.2) is 5.78 Å². The number of carboxylic acid groups (broad SMARTS) is 1. The Bertz CT molecular complexity index is 1760. The van der Waals surface area contributed by atoms with Crippen LogP contribution in [0.15, 0.2) is 79.0 Å². The Hall–Kier alpha value is -5.09. The summed E-state index contributed by atoms with van der Waals surface area (Å²) in [5.41, 5.74) is 0.938. The van der Waals surface area contributed by atoms with E-state index in [0.29, 0.717) is 22.4 Å². The van der Waals surface area contributed by atoms with Gasteiger partial charge in [-0.05, 0) is 60.5 Å². The fourth-order valence-corrected chi connectivity index (χ4v) is 6.31. The number of rotatable bonds is 7. The van der Waals surface area contributed by atoms with Crippen molar-refractivity contribution in [3.63, 3.8) is 0 Å². The lowest BCUT2D eigenvalue weighted by atomic mass is 9.76. The fraction of sp³-hybridized carbons (Fsp3) is 0.219. The van der Waals surface area contributed by atoms with E-state index in [0.717, 1.165) is 15.8 Å². The lowest BCUT2D eigenvalue weighted by Gasteiger charge is -2.31. The number of ketones is 1. The number of fused-ring (bicyclic) bond motifs is 2. The van der Waals surface area contributed by atoms with Gasteiger partial charge in [-0.1, -0.05) is 30.3 Å². The molecular weight excluding hydrogens is 538 g/mol. The lowest BCUT2D eigenvalue weighted by Crippen LogP contribution is -2.57. The first-order valence-corrected chi connectivity index (χ1v) is 13.4. The van der Waals surface area contributed by atoms with Crippen molar-refractivity contribution in [1.82, 2.24) is 10.3 Å². The Labute approximate surface area is 240 Å². The van der Waals surface area contributed by atoms with E-state index in [2.05, 4.69) is 10.3 Å². The minimum Gasteiger partial charge on any atom is -0.480 e. The maximum Gasteiger partial charge on any atom is 0.325 e. The van der Waals surface area contributed by atoms with Crippen LogP contribution in [-0.2, 0) is 25.6 Å². The normalized spacial score (nSPS) is 23.3. The third-order valence-electron chi connectivity index (χ3n) is 8.21. The van der Waals surface area contributed by atoms with Crippen LogP contribution < -0.4 is 15.0 Å². The third kappa shape index (κ3) is 4.27. The highest BCUT2D eigenvalue weighted by molar-refractivity contribution is 6.24. The van der Waals surface area contributed by atoms with Gasteiger partial charge in [-0.25, -0.2) is 4.90 Å². The van der Waals surface area contributed by atoms with Crippen LogP contribution in [0.2, 0.25) is 0 Å². The van der Waals surface area contributed by atoms with Crippen LogP contribution in [-0.4, -0.2) is 45.2 Å². The second-order valence-corrected chi connectivity index (χ2v) is 10.7. The van der Waals surface area contributed by atoms with Gasteiger partial charge in [0, 0.05) is 42.0 Å². The molecule has 0 bridgehead atoms. The van der Waals surface area contributed by atoms with Crippen LogP contribution in [0, 0.1) is 11.8 Å². The van der Waals surface area contributed by atoms with Crippen molar-refractivity contribution in [3.05, 3.63) is 95.7 Å². The molecule has 42 heavy (non-hydrogen) atoms. The highest BCUT2D eigenvalue weighted by Gasteiger charge is 2.68. The van der Waals surface area contributed by atoms with Gasteiger partial charge in [0.1, 0.15) is 11.3 Å². The van der Waals surface area contributed by atoms with Crippen molar-refractivity contribution in [2.45, 2.75) is 31.8 Å². The predicted octanol–water partition coefficient (Wildman–Crippen LogP) is 3.81. The minimum absolute atomic E-state index is 0.0638. The molecule has 3 heterocycles. The molecule has 0 spiro atoms. The fourth-order valence-electron chi connectivity index (χ4n) is 6.31. The molecule has 3 aromatic carbocycles. The van der Waals surface area contributed by atoms with Gasteiger partial charge in [-0.2, -0.15) is 0 Å². The quantitative estimate of drug-likeness (QED) is 0.133. The summed E-state index contributed by atoms with van der Waals surface area (Å²) in [6, 6.07) is 19.2. The van der Waals surface area contributed by atoms with E-state index in [1.54, 1.807) is 30.5 Å². The highest BCUT2D eigenvalue weighted by Crippen LogP contribution is 2.51. The average molecular weight is 566 g/mol. The maximum atomic E-state index is 14.2. The van der Waals surface area contributed by atoms with Gasteiger partial charge in [-0.3, -0.25) is 29.3 Å². The highest BCUT2D eigenvalue weighted by atomic mass is 16.5. The zero-order valence-electron chi connectivity index (χ0n) is 22.8. The second kappa shape index (κ2) is 10.1. The average Bonchev–Trinajstić information content (AvgIpc) is 3.61. The Morgan fingerprint density at radius 2 is 1.62 bits per heavy atom. The molecule has 0 radical (unpaired) electrons. The topological polar surface area (TPSA) is 146 Å². The third-order valence-corrected chi connectivity index (χ3v) is 8.21. The molecule has 10 heteroatoms. The van der Waals surface area contributed by atoms with E-state index >= 15 is 0 Å². The summed E-state index contributed by atoms with van der Waals surface area (Å²) in [5, 5.41) is 14.8. The van der Waals surface area contributed by atoms with Crippen LogP contribution in [0.4, 0.5) is 5.69 Å². The summed E-state index contributed by atoms with van der Waals surface area (Å²) >= 11 is 0. The molecule has 0 saturated carbocycles. The number of esters is 1. The van der Waals surface area contributed by atoms with Crippen LogP contribution in [0.25, 0.3) is 10.9 Å². The molecule has 2 amide bonds. The number of ether oxygens (including phenoxy) is 1. The first kappa shape index (κ1) is 27.1. The van der Waals surface area contributed by atoms with Crippen molar-refractivity contribution >= 4 is 46.1 Å². The Kier molecular flexibility index (Phi) is 6.50. The summed E-state index contributed by atoms with van der Waals surface area (Å²) in [6.45, 7) is 2.70. The van der Waals surface area contributed by atoms with Crippen LogP contribution in [0.1, 0.15) is 41.4 Å². The predicted molar refractivity (Wildman–Crippen MR) is 152 cm³/mol. The summed E-state index contributed by atoms with van der Waals surface area (Å²) < 4.78 is 5.14. The van der Waals surface area contributed by atoms with Crippen molar-refractivity contribution in [3.8, 4) is 5.75 Å². The number of nitrogens with one attached hydrogen (secondary N) is 2. The number of aromatic amines is 1. The molecule has 212 valence electrons. The molecule has 2 aliphatic heterocycles. The molecule has 4 unspecified atom stereocenters. The largest absolute Gasteiger partial charge is 0.480 e. The molecular formula is C32H27N3O7. The van der Waals surface area contributed by atoms with Gasteiger partial charge >= 0.3 is 11.9 Å². The molecule has 4 atom stereocenters. The van der Waals surface area contributed by atoms with Crippen molar-refractivity contribution in [1.29, 1.82) is 0 Å². The van der Waals surface area contributed by atoms with Crippen LogP contribution >= 0.6 is 0 Å². The Balaban J connectivity index is 1.47. The van der Waals surface area contributed by atoms with E-state index in [4.69, 9.17) is 4.74 Å². The number of aliphatic carboxylic acids is 1. The van der Waals surface area contributed by atoms with E-state index in [9.17, 15) is 29.1 Å². The number of amides is 2. The second-order valence-electron chi connectivity index (χ2n) is 10.7. The number of carbonyl (C=O) groups excluding carboxylic acids is 4. The smallest absolute Gasteiger partial charge is 0.325 e. The zero-order chi connectivity index (χ0) is 29.8. The molecule has 0 aliphatic carbocycles. The molecule has 3 N–H and O–H groups in total. The molecule has 2 fully saturated rings. The van der Waals surface area contributed by atoms with Gasteiger partial charge in [0.25, 0.3) is 0 Å². The number of para-hydroxylation sites is 1. The van der Waals surface area contributed by atoms with Crippen molar-refractivity contribution in [2.75, 3.05) is 4.90 Å². The number of hydrogen-bond donors (Lipinski definition) is 3.